The van der Waals surface area contributed by atoms with Crippen LogP contribution in [0.2, 0.25) is 0 Å². The average Bonchev–Trinajstić information content (AvgIpc) is 3.28. The molecule has 1 amide bonds. The molecule has 4 aromatic rings. The average molecular weight is 473 g/mol. The van der Waals surface area contributed by atoms with Crippen LogP contribution in [0.15, 0.2) is 78.0 Å². The lowest BCUT2D eigenvalue weighted by molar-refractivity contribution is 0.0937. The zero-order valence-electron chi connectivity index (χ0n) is 19.6. The molecule has 0 aliphatic rings. The molecule has 0 spiro atoms. The molecule has 0 radical (unpaired) electrons. The highest BCUT2D eigenvalue weighted by Crippen LogP contribution is 2.30. The van der Waals surface area contributed by atoms with Crippen molar-refractivity contribution in [2.75, 3.05) is 20.3 Å². The molecule has 0 bridgehead atoms. The Morgan fingerprint density at radius 3 is 2.21 bits per heavy atom. The van der Waals surface area contributed by atoms with Gasteiger partial charge < -0.3 is 10.1 Å². The fourth-order valence-corrected chi connectivity index (χ4v) is 4.36. The maximum absolute atomic E-state index is 12.2. The first-order chi connectivity index (χ1) is 16.5. The van der Waals surface area contributed by atoms with E-state index in [1.54, 1.807) is 18.9 Å². The number of nitrogens with one attached hydrogen (secondary N) is 1. The Balaban J connectivity index is 1.54. The van der Waals surface area contributed by atoms with E-state index < -0.39 is 0 Å². The van der Waals surface area contributed by atoms with Gasteiger partial charge in [-0.05, 0) is 43.7 Å². The van der Waals surface area contributed by atoms with E-state index in [9.17, 15) is 4.79 Å². The maximum Gasteiger partial charge on any atom is 0.251 e. The molecule has 0 atom stereocenters. The number of thioether (sulfide) groups is 1. The number of aromatic nitrogens is 3. The minimum Gasteiger partial charge on any atom is -0.383 e. The Hall–Kier alpha value is -3.42. The Bertz CT molecular complexity index is 1230. The van der Waals surface area contributed by atoms with E-state index in [2.05, 4.69) is 82.5 Å². The van der Waals surface area contributed by atoms with Crippen LogP contribution in [0.4, 0.5) is 0 Å². The number of ether oxygens (including phenoxy) is 1. The number of carbonyl (C=O) groups excluding carboxylic acids is 1. The monoisotopic (exact) mass is 472 g/mol. The van der Waals surface area contributed by atoms with Crippen molar-refractivity contribution >= 4 is 17.7 Å². The molecule has 1 N–H and O–H groups in total. The van der Waals surface area contributed by atoms with Crippen molar-refractivity contribution in [1.29, 1.82) is 0 Å². The van der Waals surface area contributed by atoms with Gasteiger partial charge in [-0.15, -0.1) is 10.2 Å². The third-order valence-corrected chi connectivity index (χ3v) is 6.41. The number of rotatable bonds is 9. The van der Waals surface area contributed by atoms with Crippen molar-refractivity contribution in [1.82, 2.24) is 20.1 Å². The van der Waals surface area contributed by atoms with Crippen LogP contribution in [0, 0.1) is 13.8 Å². The zero-order valence-corrected chi connectivity index (χ0v) is 20.4. The quantitative estimate of drug-likeness (QED) is 0.267. The van der Waals surface area contributed by atoms with Crippen LogP contribution in [0.1, 0.15) is 27.0 Å². The molecular formula is C27H28N4O2S. The Labute approximate surface area is 204 Å². The molecule has 6 nitrogen and oxygen atoms in total. The Kier molecular flexibility index (Phi) is 7.77. The Morgan fingerprint density at radius 2 is 1.56 bits per heavy atom. The summed E-state index contributed by atoms with van der Waals surface area (Å²) in [7, 11) is 1.61. The molecule has 34 heavy (non-hydrogen) atoms. The molecule has 0 aliphatic heterocycles. The predicted molar refractivity (Wildman–Crippen MR) is 136 cm³/mol. The molecule has 0 unspecified atom stereocenters. The lowest BCUT2D eigenvalue weighted by Crippen LogP contribution is -2.26. The fraction of sp³-hybridized carbons (Fsp3) is 0.222. The predicted octanol–water partition coefficient (Wildman–Crippen LogP) is 5.22. The van der Waals surface area contributed by atoms with E-state index in [1.807, 2.05) is 24.3 Å². The number of hydrogen-bond donors (Lipinski definition) is 1. The third-order valence-electron chi connectivity index (χ3n) is 5.41. The van der Waals surface area contributed by atoms with Gasteiger partial charge in [-0.3, -0.25) is 9.36 Å². The second-order valence-electron chi connectivity index (χ2n) is 8.08. The number of nitrogens with zero attached hydrogens (tertiary/aromatic N) is 3. The van der Waals surface area contributed by atoms with Gasteiger partial charge in [0.1, 0.15) is 0 Å². The highest BCUT2D eigenvalue weighted by molar-refractivity contribution is 7.98. The van der Waals surface area contributed by atoms with Crippen LogP contribution in [0.25, 0.3) is 17.1 Å². The highest BCUT2D eigenvalue weighted by atomic mass is 32.2. The van der Waals surface area contributed by atoms with Gasteiger partial charge in [0.25, 0.3) is 5.91 Å². The smallest absolute Gasteiger partial charge is 0.251 e. The first-order valence-corrected chi connectivity index (χ1v) is 12.1. The molecule has 0 saturated heterocycles. The van der Waals surface area contributed by atoms with Crippen LogP contribution < -0.4 is 5.32 Å². The zero-order chi connectivity index (χ0) is 23.9. The van der Waals surface area contributed by atoms with Gasteiger partial charge in [-0.1, -0.05) is 71.4 Å². The summed E-state index contributed by atoms with van der Waals surface area (Å²) in [5, 5.41) is 12.7. The van der Waals surface area contributed by atoms with Gasteiger partial charge in [-0.2, -0.15) is 0 Å². The molecule has 3 aromatic carbocycles. The summed E-state index contributed by atoms with van der Waals surface area (Å²) in [4.78, 5) is 12.2. The molecule has 7 heteroatoms. The van der Waals surface area contributed by atoms with Crippen LogP contribution in [-0.2, 0) is 10.5 Å². The number of methoxy groups -OCH3 is 1. The summed E-state index contributed by atoms with van der Waals surface area (Å²) in [6.07, 6.45) is 0. The van der Waals surface area contributed by atoms with E-state index in [-0.39, 0.29) is 5.91 Å². The molecule has 0 aliphatic carbocycles. The normalized spacial score (nSPS) is 10.9. The molecule has 1 aromatic heterocycles. The van der Waals surface area contributed by atoms with E-state index in [0.717, 1.165) is 27.8 Å². The summed E-state index contributed by atoms with van der Waals surface area (Å²) in [5.74, 6) is 1.43. The fourth-order valence-electron chi connectivity index (χ4n) is 3.45. The van der Waals surface area contributed by atoms with Gasteiger partial charge >= 0.3 is 0 Å². The number of benzene rings is 3. The van der Waals surface area contributed by atoms with Crippen LogP contribution in [0.3, 0.4) is 0 Å². The number of carbonyl (C=O) groups is 1. The molecule has 0 saturated carbocycles. The first kappa shape index (κ1) is 23.7. The number of amides is 1. The van der Waals surface area contributed by atoms with E-state index in [4.69, 9.17) is 4.74 Å². The second-order valence-corrected chi connectivity index (χ2v) is 9.02. The minimum absolute atomic E-state index is 0.0990. The maximum atomic E-state index is 12.2. The summed E-state index contributed by atoms with van der Waals surface area (Å²) < 4.78 is 7.08. The van der Waals surface area contributed by atoms with Crippen molar-refractivity contribution in [3.63, 3.8) is 0 Å². The lowest BCUT2D eigenvalue weighted by Gasteiger charge is -2.11. The van der Waals surface area contributed by atoms with Gasteiger partial charge in [0.15, 0.2) is 11.0 Å². The molecule has 4 rings (SSSR count). The van der Waals surface area contributed by atoms with Crippen molar-refractivity contribution < 1.29 is 9.53 Å². The summed E-state index contributed by atoms with van der Waals surface area (Å²) in [6.45, 7) is 5.13. The van der Waals surface area contributed by atoms with Crippen molar-refractivity contribution in [2.24, 2.45) is 0 Å². The first-order valence-electron chi connectivity index (χ1n) is 11.1. The number of hydrogen-bond acceptors (Lipinski definition) is 5. The van der Waals surface area contributed by atoms with Gasteiger partial charge in [0, 0.05) is 36.2 Å². The number of aryl methyl sites for hydroxylation is 2. The summed E-state index contributed by atoms with van der Waals surface area (Å²) >= 11 is 1.62. The minimum atomic E-state index is -0.0990. The van der Waals surface area contributed by atoms with Crippen molar-refractivity contribution in [3.05, 3.63) is 95.1 Å². The second kappa shape index (κ2) is 11.1. The van der Waals surface area contributed by atoms with Crippen LogP contribution >= 0.6 is 11.8 Å². The van der Waals surface area contributed by atoms with Gasteiger partial charge in [-0.25, -0.2) is 0 Å². The molecule has 1 heterocycles. The van der Waals surface area contributed by atoms with E-state index in [1.165, 1.54) is 11.1 Å². The molecule has 0 fully saturated rings. The summed E-state index contributed by atoms with van der Waals surface area (Å²) in [6, 6.07) is 24.4. The Morgan fingerprint density at radius 1 is 0.912 bits per heavy atom. The topological polar surface area (TPSA) is 69.0 Å². The standard InChI is InChI=1S/C27H28N4O2S/c1-19-4-10-22(11-5-19)25-29-30-27(31(25)24-14-6-20(2)7-15-24)34-18-21-8-12-23(13-9-21)26(32)28-16-17-33-3/h4-15H,16-18H2,1-3H3,(H,28,32). The largest absolute Gasteiger partial charge is 0.383 e. The highest BCUT2D eigenvalue weighted by Gasteiger charge is 2.16. The van der Waals surface area contributed by atoms with Crippen LogP contribution in [0.5, 0.6) is 0 Å². The van der Waals surface area contributed by atoms with Crippen molar-refractivity contribution in [2.45, 2.75) is 24.8 Å². The van der Waals surface area contributed by atoms with Gasteiger partial charge in [0.05, 0.1) is 6.61 Å². The third kappa shape index (κ3) is 5.73. The van der Waals surface area contributed by atoms with E-state index in [0.29, 0.717) is 24.5 Å². The SMILES string of the molecule is COCCNC(=O)c1ccc(CSc2nnc(-c3ccc(C)cc3)n2-c2ccc(C)cc2)cc1. The lowest BCUT2D eigenvalue weighted by atomic mass is 10.1. The van der Waals surface area contributed by atoms with Crippen molar-refractivity contribution in [3.8, 4) is 17.1 Å². The van der Waals surface area contributed by atoms with E-state index >= 15 is 0 Å². The molecule has 174 valence electrons. The van der Waals surface area contributed by atoms with Crippen LogP contribution in [-0.4, -0.2) is 40.9 Å². The van der Waals surface area contributed by atoms with Gasteiger partial charge in [0.2, 0.25) is 0 Å². The summed E-state index contributed by atoms with van der Waals surface area (Å²) in [5.41, 5.74) is 6.19. The molecular weight excluding hydrogens is 444 g/mol.